The average Bonchev–Trinajstić information content (AvgIpc) is 3.14. The predicted octanol–water partition coefficient (Wildman–Crippen LogP) is 4.42. The average molecular weight is 374 g/mol. The van der Waals surface area contributed by atoms with Gasteiger partial charge >= 0.3 is 0 Å². The van der Waals surface area contributed by atoms with Crippen molar-refractivity contribution >= 4 is 17.7 Å². The molecule has 144 valence electrons. The molecule has 1 aliphatic carbocycles. The summed E-state index contributed by atoms with van der Waals surface area (Å²) in [5.41, 5.74) is 4.71. The highest BCUT2D eigenvalue weighted by molar-refractivity contribution is 6.08. The zero-order chi connectivity index (χ0) is 19.3. The Morgan fingerprint density at radius 1 is 1.14 bits per heavy atom. The van der Waals surface area contributed by atoms with Gasteiger partial charge in [0.15, 0.2) is 0 Å². The van der Waals surface area contributed by atoms with E-state index in [0.29, 0.717) is 6.54 Å². The molecule has 1 saturated carbocycles. The number of rotatable bonds is 5. The van der Waals surface area contributed by atoms with Crippen molar-refractivity contribution in [2.45, 2.75) is 32.2 Å². The van der Waals surface area contributed by atoms with Crippen LogP contribution in [0.25, 0.3) is 6.08 Å². The van der Waals surface area contributed by atoms with Crippen LogP contribution in [0.1, 0.15) is 43.4 Å². The summed E-state index contributed by atoms with van der Waals surface area (Å²) in [5, 5.41) is 9.78. The first-order valence-corrected chi connectivity index (χ1v) is 10.2. The molecule has 0 aromatic heterocycles. The first-order valence-electron chi connectivity index (χ1n) is 10.2. The summed E-state index contributed by atoms with van der Waals surface area (Å²) in [7, 11) is 0. The van der Waals surface area contributed by atoms with Crippen molar-refractivity contribution in [3.63, 3.8) is 0 Å². The number of carbonyl (C=O) groups excluding carboxylic acids is 1. The Balaban J connectivity index is 1.71. The van der Waals surface area contributed by atoms with Crippen molar-refractivity contribution in [3.8, 4) is 0 Å². The van der Waals surface area contributed by atoms with Gasteiger partial charge in [-0.15, -0.1) is 0 Å². The smallest absolute Gasteiger partial charge is 0.257 e. The van der Waals surface area contributed by atoms with Crippen LogP contribution in [0.15, 0.2) is 71.3 Å². The van der Waals surface area contributed by atoms with Crippen molar-refractivity contribution < 1.29 is 4.79 Å². The van der Waals surface area contributed by atoms with Crippen molar-refractivity contribution in [3.05, 3.63) is 77.4 Å². The molecule has 1 N–H and O–H groups in total. The molecule has 2 atom stereocenters. The maximum Gasteiger partial charge on any atom is 0.257 e. The molecule has 28 heavy (non-hydrogen) atoms. The lowest BCUT2D eigenvalue weighted by Crippen LogP contribution is -2.37. The van der Waals surface area contributed by atoms with Crippen LogP contribution < -0.4 is 5.32 Å². The van der Waals surface area contributed by atoms with E-state index in [9.17, 15) is 4.79 Å². The second-order valence-corrected chi connectivity index (χ2v) is 7.44. The number of amides is 1. The molecule has 0 spiro atoms. The normalized spacial score (nSPS) is 22.8. The van der Waals surface area contributed by atoms with Gasteiger partial charge in [-0.2, -0.15) is 5.10 Å². The number of nitrogens with one attached hydrogen (secondary N) is 1. The number of benzene rings is 2. The van der Waals surface area contributed by atoms with E-state index >= 15 is 0 Å². The monoisotopic (exact) mass is 373 g/mol. The fourth-order valence-electron chi connectivity index (χ4n) is 4.25. The van der Waals surface area contributed by atoms with Crippen LogP contribution in [-0.4, -0.2) is 29.7 Å². The van der Waals surface area contributed by atoms with Crippen LogP contribution in [0.3, 0.4) is 0 Å². The number of likely N-dealkylation sites (N-methyl/N-ethyl adjacent to an activating group) is 1. The maximum atomic E-state index is 12.9. The fourth-order valence-corrected chi connectivity index (χ4v) is 4.25. The van der Waals surface area contributed by atoms with Gasteiger partial charge in [-0.1, -0.05) is 67.6 Å². The standard InChI is InChI=1S/C24H27N3O/c1-2-25-17-22(28)27-24(19-12-7-4-8-13-19)21-15-9-14-20(23(21)26-27)16-18-10-5-3-6-11-18/h3-8,10-13,16,21,24-25H,2,9,14-15,17H2,1H3/b20-16+. The Kier molecular flexibility index (Phi) is 5.68. The van der Waals surface area contributed by atoms with Gasteiger partial charge in [0.1, 0.15) is 0 Å². The maximum absolute atomic E-state index is 12.9. The van der Waals surface area contributed by atoms with E-state index in [2.05, 4.69) is 47.8 Å². The molecule has 1 amide bonds. The van der Waals surface area contributed by atoms with Crippen LogP contribution in [0, 0.1) is 5.92 Å². The SMILES string of the molecule is CCNCC(=O)N1N=C2/C(=C/c3ccccc3)CCCC2C1c1ccccc1. The molecule has 1 fully saturated rings. The zero-order valence-corrected chi connectivity index (χ0v) is 16.3. The molecule has 0 bridgehead atoms. The Morgan fingerprint density at radius 3 is 2.57 bits per heavy atom. The highest BCUT2D eigenvalue weighted by Crippen LogP contribution is 2.44. The summed E-state index contributed by atoms with van der Waals surface area (Å²) in [6, 6.07) is 20.7. The van der Waals surface area contributed by atoms with E-state index in [1.165, 1.54) is 11.1 Å². The summed E-state index contributed by atoms with van der Waals surface area (Å²) in [6.45, 7) is 3.11. The van der Waals surface area contributed by atoms with Crippen LogP contribution in [0.4, 0.5) is 0 Å². The lowest BCUT2D eigenvalue weighted by molar-refractivity contribution is -0.132. The molecular formula is C24H27N3O. The lowest BCUT2D eigenvalue weighted by Gasteiger charge is -2.29. The number of fused-ring (bicyclic) bond motifs is 1. The number of allylic oxidation sites excluding steroid dienone is 1. The molecule has 1 heterocycles. The zero-order valence-electron chi connectivity index (χ0n) is 16.3. The van der Waals surface area contributed by atoms with E-state index in [4.69, 9.17) is 5.10 Å². The van der Waals surface area contributed by atoms with Gasteiger partial charge in [0.05, 0.1) is 18.3 Å². The van der Waals surface area contributed by atoms with Crippen LogP contribution in [-0.2, 0) is 4.79 Å². The number of hydrazone groups is 1. The third-order valence-electron chi connectivity index (χ3n) is 5.56. The molecule has 2 aromatic rings. The van der Waals surface area contributed by atoms with Gasteiger partial charge in [-0.3, -0.25) is 4.79 Å². The molecule has 4 rings (SSSR count). The number of nitrogens with zero attached hydrogens (tertiary/aromatic N) is 2. The highest BCUT2D eigenvalue weighted by atomic mass is 16.2. The van der Waals surface area contributed by atoms with Crippen molar-refractivity contribution in [1.29, 1.82) is 0 Å². The Labute approximate surface area is 167 Å². The molecule has 1 aliphatic heterocycles. The van der Waals surface area contributed by atoms with Crippen LogP contribution in [0.5, 0.6) is 0 Å². The summed E-state index contributed by atoms with van der Waals surface area (Å²) in [6.07, 6.45) is 5.45. The molecule has 0 saturated heterocycles. The minimum atomic E-state index is -0.0122. The topological polar surface area (TPSA) is 44.7 Å². The second-order valence-electron chi connectivity index (χ2n) is 7.44. The van der Waals surface area contributed by atoms with Crippen LogP contribution in [0.2, 0.25) is 0 Å². The first kappa shape index (κ1) is 18.6. The van der Waals surface area contributed by atoms with Gasteiger partial charge in [-0.05, 0) is 48.6 Å². The van der Waals surface area contributed by atoms with Crippen molar-refractivity contribution in [2.24, 2.45) is 11.0 Å². The van der Waals surface area contributed by atoms with Gasteiger partial charge < -0.3 is 5.32 Å². The first-order chi connectivity index (χ1) is 13.8. The van der Waals surface area contributed by atoms with Crippen molar-refractivity contribution in [2.75, 3.05) is 13.1 Å². The summed E-state index contributed by atoms with van der Waals surface area (Å²) in [4.78, 5) is 12.9. The van der Waals surface area contributed by atoms with E-state index in [1.807, 2.05) is 31.2 Å². The summed E-state index contributed by atoms with van der Waals surface area (Å²) >= 11 is 0. The van der Waals surface area contributed by atoms with Crippen LogP contribution >= 0.6 is 0 Å². The highest BCUT2D eigenvalue weighted by Gasteiger charge is 2.43. The molecule has 2 aliphatic rings. The van der Waals surface area contributed by atoms with Gasteiger partial charge in [-0.25, -0.2) is 5.01 Å². The Hall–Kier alpha value is -2.72. The van der Waals surface area contributed by atoms with Gasteiger partial charge in [0, 0.05) is 5.92 Å². The molecule has 4 heteroatoms. The summed E-state index contributed by atoms with van der Waals surface area (Å²) < 4.78 is 0. The van der Waals surface area contributed by atoms with Gasteiger partial charge in [0.2, 0.25) is 0 Å². The van der Waals surface area contributed by atoms with Gasteiger partial charge in [0.25, 0.3) is 5.91 Å². The molecular weight excluding hydrogens is 346 g/mol. The number of hydrogen-bond acceptors (Lipinski definition) is 3. The summed E-state index contributed by atoms with van der Waals surface area (Å²) in [5.74, 6) is 0.299. The molecule has 2 aromatic carbocycles. The lowest BCUT2D eigenvalue weighted by atomic mass is 9.77. The quantitative estimate of drug-likeness (QED) is 0.843. The third kappa shape index (κ3) is 3.78. The van der Waals surface area contributed by atoms with Crippen molar-refractivity contribution in [1.82, 2.24) is 10.3 Å². The third-order valence-corrected chi connectivity index (χ3v) is 5.56. The molecule has 0 radical (unpaired) electrons. The second kappa shape index (κ2) is 8.53. The largest absolute Gasteiger partial charge is 0.309 e. The van der Waals surface area contributed by atoms with E-state index in [-0.39, 0.29) is 17.9 Å². The number of hydrogen-bond donors (Lipinski definition) is 1. The minimum absolute atomic E-state index is 0.0122. The Morgan fingerprint density at radius 2 is 1.86 bits per heavy atom. The number of carbonyl (C=O) groups is 1. The predicted molar refractivity (Wildman–Crippen MR) is 114 cm³/mol. The Bertz CT molecular complexity index is 873. The molecule has 4 nitrogen and oxygen atoms in total. The van der Waals surface area contributed by atoms with E-state index in [1.54, 1.807) is 5.01 Å². The minimum Gasteiger partial charge on any atom is -0.309 e. The fraction of sp³-hybridized carbons (Fsp3) is 0.333. The van der Waals surface area contributed by atoms with E-state index in [0.717, 1.165) is 37.1 Å². The molecule has 2 unspecified atom stereocenters. The van der Waals surface area contributed by atoms with E-state index < -0.39 is 0 Å².